The molecule has 162 valence electrons. The van der Waals surface area contributed by atoms with Crippen molar-refractivity contribution in [2.45, 2.75) is 6.92 Å². The Morgan fingerprint density at radius 3 is 2.16 bits per heavy atom. The molecular weight excluding hydrogens is 428 g/mol. The van der Waals surface area contributed by atoms with E-state index in [1.165, 1.54) is 12.0 Å². The van der Waals surface area contributed by atoms with Crippen molar-refractivity contribution in [2.75, 3.05) is 24.4 Å². The summed E-state index contributed by atoms with van der Waals surface area (Å²) in [6.45, 7) is 1.94. The number of halogens is 1. The fourth-order valence-corrected chi connectivity index (χ4v) is 3.63. The van der Waals surface area contributed by atoms with E-state index in [-0.39, 0.29) is 11.3 Å². The Kier molecular flexibility index (Phi) is 5.88. The monoisotopic (exact) mass is 448 g/mol. The Hall–Kier alpha value is -3.77. The molecule has 0 atom stereocenters. The lowest BCUT2D eigenvalue weighted by Gasteiger charge is -2.16. The molecule has 1 N–H and O–H groups in total. The van der Waals surface area contributed by atoms with Gasteiger partial charge < -0.3 is 14.8 Å². The normalized spacial score (nSPS) is 13.6. The third-order valence-corrected chi connectivity index (χ3v) is 5.43. The summed E-state index contributed by atoms with van der Waals surface area (Å²) in [5.41, 5.74) is 2.98. The summed E-state index contributed by atoms with van der Waals surface area (Å²) in [4.78, 5) is 28.1. The second-order valence-electron chi connectivity index (χ2n) is 7.23. The standard InChI is InChI=1S/C25H21ClN2O4/c1-15-4-10-18(11-5-15)28-24(29)22(16-6-8-17(26)9-7-16)23(25(28)30)27-20-14-19(31-2)12-13-21(20)32-3/h4-14,27H,1-3H3. The number of carbonyl (C=O) groups is 2. The van der Waals surface area contributed by atoms with E-state index in [1.54, 1.807) is 61.7 Å². The minimum absolute atomic E-state index is 0.143. The maximum Gasteiger partial charge on any atom is 0.282 e. The van der Waals surface area contributed by atoms with E-state index in [0.29, 0.717) is 33.5 Å². The summed E-state index contributed by atoms with van der Waals surface area (Å²) < 4.78 is 10.7. The van der Waals surface area contributed by atoms with E-state index >= 15 is 0 Å². The first-order chi connectivity index (χ1) is 15.4. The van der Waals surface area contributed by atoms with Gasteiger partial charge in [0.15, 0.2) is 0 Å². The molecule has 0 unspecified atom stereocenters. The van der Waals surface area contributed by atoms with Crippen molar-refractivity contribution < 1.29 is 19.1 Å². The number of anilines is 2. The molecule has 0 saturated carbocycles. The molecule has 0 saturated heterocycles. The van der Waals surface area contributed by atoms with Crippen LogP contribution in [-0.2, 0) is 9.59 Å². The summed E-state index contributed by atoms with van der Waals surface area (Å²) in [5.74, 6) is 0.191. The van der Waals surface area contributed by atoms with Gasteiger partial charge in [-0.05, 0) is 48.9 Å². The molecule has 3 aromatic rings. The lowest BCUT2D eigenvalue weighted by atomic mass is 10.0. The number of carbonyl (C=O) groups excluding carboxylic acids is 2. The zero-order chi connectivity index (χ0) is 22.8. The Morgan fingerprint density at radius 2 is 1.53 bits per heavy atom. The highest BCUT2D eigenvalue weighted by Gasteiger charge is 2.40. The summed E-state index contributed by atoms with van der Waals surface area (Å²) >= 11 is 6.04. The van der Waals surface area contributed by atoms with E-state index in [9.17, 15) is 9.59 Å². The first kappa shape index (κ1) is 21.5. The minimum Gasteiger partial charge on any atom is -0.497 e. The predicted molar refractivity (Wildman–Crippen MR) is 125 cm³/mol. The largest absolute Gasteiger partial charge is 0.497 e. The van der Waals surface area contributed by atoms with Crippen LogP contribution in [0.2, 0.25) is 5.02 Å². The first-order valence-electron chi connectivity index (χ1n) is 9.87. The Balaban J connectivity index is 1.84. The Bertz CT molecular complexity index is 1220. The van der Waals surface area contributed by atoms with Gasteiger partial charge in [0.2, 0.25) is 0 Å². The van der Waals surface area contributed by atoms with Gasteiger partial charge in [-0.25, -0.2) is 4.90 Å². The zero-order valence-electron chi connectivity index (χ0n) is 17.8. The summed E-state index contributed by atoms with van der Waals surface area (Å²) in [6.07, 6.45) is 0. The van der Waals surface area contributed by atoms with Crippen LogP contribution < -0.4 is 19.7 Å². The topological polar surface area (TPSA) is 67.9 Å². The second-order valence-corrected chi connectivity index (χ2v) is 7.67. The van der Waals surface area contributed by atoms with Crippen LogP contribution in [0.4, 0.5) is 11.4 Å². The molecule has 0 bridgehead atoms. The molecule has 1 aliphatic rings. The number of benzene rings is 3. The number of nitrogens with zero attached hydrogens (tertiary/aromatic N) is 1. The number of ether oxygens (including phenoxy) is 2. The van der Waals surface area contributed by atoms with E-state index in [4.69, 9.17) is 21.1 Å². The molecule has 7 heteroatoms. The number of hydrogen-bond acceptors (Lipinski definition) is 5. The molecule has 0 radical (unpaired) electrons. The van der Waals surface area contributed by atoms with Gasteiger partial charge in [0, 0.05) is 11.1 Å². The van der Waals surface area contributed by atoms with Crippen molar-refractivity contribution in [3.8, 4) is 11.5 Å². The molecule has 0 aliphatic carbocycles. The molecule has 1 heterocycles. The van der Waals surface area contributed by atoms with E-state index in [2.05, 4.69) is 5.32 Å². The molecule has 4 rings (SSSR count). The number of hydrogen-bond donors (Lipinski definition) is 1. The second kappa shape index (κ2) is 8.77. The molecule has 32 heavy (non-hydrogen) atoms. The molecule has 0 fully saturated rings. The highest BCUT2D eigenvalue weighted by atomic mass is 35.5. The van der Waals surface area contributed by atoms with E-state index in [0.717, 1.165) is 5.56 Å². The predicted octanol–water partition coefficient (Wildman–Crippen LogP) is 5.06. The van der Waals surface area contributed by atoms with Crippen LogP contribution in [-0.4, -0.2) is 26.0 Å². The van der Waals surface area contributed by atoms with Crippen molar-refractivity contribution in [3.05, 3.63) is 88.6 Å². The smallest absolute Gasteiger partial charge is 0.282 e. The van der Waals surface area contributed by atoms with Crippen molar-refractivity contribution in [2.24, 2.45) is 0 Å². The number of imide groups is 1. The molecular formula is C25H21ClN2O4. The van der Waals surface area contributed by atoms with Crippen molar-refractivity contribution >= 4 is 40.4 Å². The summed E-state index contributed by atoms with van der Waals surface area (Å²) in [6, 6.07) is 19.2. The highest BCUT2D eigenvalue weighted by Crippen LogP contribution is 2.37. The average molecular weight is 449 g/mol. The quantitative estimate of drug-likeness (QED) is 0.534. The number of amides is 2. The van der Waals surface area contributed by atoms with Gasteiger partial charge >= 0.3 is 0 Å². The molecule has 2 amide bonds. The molecule has 1 aliphatic heterocycles. The van der Waals surface area contributed by atoms with Crippen LogP contribution in [0.3, 0.4) is 0 Å². The van der Waals surface area contributed by atoms with Crippen molar-refractivity contribution in [1.82, 2.24) is 0 Å². The van der Waals surface area contributed by atoms with E-state index < -0.39 is 11.8 Å². The average Bonchev–Trinajstić information content (AvgIpc) is 3.04. The van der Waals surface area contributed by atoms with Crippen LogP contribution in [0.15, 0.2) is 72.4 Å². The number of nitrogens with one attached hydrogen (secondary N) is 1. The molecule has 3 aromatic carbocycles. The van der Waals surface area contributed by atoms with Gasteiger partial charge in [-0.3, -0.25) is 9.59 Å². The Morgan fingerprint density at radius 1 is 0.844 bits per heavy atom. The van der Waals surface area contributed by atoms with Gasteiger partial charge in [0.05, 0.1) is 31.2 Å². The van der Waals surface area contributed by atoms with Crippen LogP contribution >= 0.6 is 11.6 Å². The zero-order valence-corrected chi connectivity index (χ0v) is 18.6. The van der Waals surface area contributed by atoms with Crippen LogP contribution in [0, 0.1) is 6.92 Å². The highest BCUT2D eigenvalue weighted by molar-refractivity contribution is 6.46. The van der Waals surface area contributed by atoms with Crippen LogP contribution in [0.25, 0.3) is 5.57 Å². The fourth-order valence-electron chi connectivity index (χ4n) is 3.50. The maximum absolute atomic E-state index is 13.5. The molecule has 0 aromatic heterocycles. The fraction of sp³-hybridized carbons (Fsp3) is 0.120. The summed E-state index contributed by atoms with van der Waals surface area (Å²) in [5, 5.41) is 3.65. The van der Waals surface area contributed by atoms with Gasteiger partial charge in [0.25, 0.3) is 11.8 Å². The molecule has 6 nitrogen and oxygen atoms in total. The van der Waals surface area contributed by atoms with Crippen molar-refractivity contribution in [3.63, 3.8) is 0 Å². The first-order valence-corrected chi connectivity index (χ1v) is 10.3. The van der Waals surface area contributed by atoms with Gasteiger partial charge in [0.1, 0.15) is 17.2 Å². The molecule has 0 spiro atoms. The SMILES string of the molecule is COc1ccc(OC)c(NC2=C(c3ccc(Cl)cc3)C(=O)N(c3ccc(C)cc3)C2=O)c1. The third-order valence-electron chi connectivity index (χ3n) is 5.18. The van der Waals surface area contributed by atoms with Crippen LogP contribution in [0.5, 0.6) is 11.5 Å². The van der Waals surface area contributed by atoms with Crippen molar-refractivity contribution in [1.29, 1.82) is 0 Å². The minimum atomic E-state index is -0.464. The maximum atomic E-state index is 13.5. The summed E-state index contributed by atoms with van der Waals surface area (Å²) in [7, 11) is 3.08. The Labute approximate surface area is 191 Å². The third kappa shape index (κ3) is 3.92. The van der Waals surface area contributed by atoms with E-state index in [1.807, 2.05) is 19.1 Å². The van der Waals surface area contributed by atoms with Gasteiger partial charge in [-0.2, -0.15) is 0 Å². The number of methoxy groups -OCH3 is 2. The van der Waals surface area contributed by atoms with Gasteiger partial charge in [-0.15, -0.1) is 0 Å². The lowest BCUT2D eigenvalue weighted by molar-refractivity contribution is -0.120. The lowest BCUT2D eigenvalue weighted by Crippen LogP contribution is -2.32. The van der Waals surface area contributed by atoms with Gasteiger partial charge in [-0.1, -0.05) is 41.4 Å². The number of aryl methyl sites for hydroxylation is 1. The number of rotatable bonds is 6. The van der Waals surface area contributed by atoms with Crippen LogP contribution in [0.1, 0.15) is 11.1 Å².